The molecule has 5 nitrogen and oxygen atoms in total. The third-order valence-corrected chi connectivity index (χ3v) is 2.91. The van der Waals surface area contributed by atoms with Crippen LogP contribution in [0.5, 0.6) is 0 Å². The fourth-order valence-electron chi connectivity index (χ4n) is 2.03. The first kappa shape index (κ1) is 15.0. The molecule has 0 radical (unpaired) electrons. The van der Waals surface area contributed by atoms with Crippen molar-refractivity contribution in [3.8, 4) is 0 Å². The number of carbonyl (C=O) groups is 2. The van der Waals surface area contributed by atoms with E-state index in [9.17, 15) is 9.59 Å². The molecule has 0 amide bonds. The van der Waals surface area contributed by atoms with Gasteiger partial charge in [0.15, 0.2) is 5.92 Å². The summed E-state index contributed by atoms with van der Waals surface area (Å²) in [6.45, 7) is 4.66. The third-order valence-electron chi connectivity index (χ3n) is 2.91. The van der Waals surface area contributed by atoms with Crippen LogP contribution in [0.15, 0.2) is 0 Å². The zero-order valence-electron chi connectivity index (χ0n) is 11.1. The molecule has 0 aromatic rings. The van der Waals surface area contributed by atoms with Crippen LogP contribution in [0.3, 0.4) is 0 Å². The molecular formula is C13H22O5. The first-order valence-corrected chi connectivity index (χ1v) is 6.63. The largest absolute Gasteiger partial charge is 0.465 e. The van der Waals surface area contributed by atoms with Crippen molar-refractivity contribution < 1.29 is 23.8 Å². The monoisotopic (exact) mass is 258 g/mol. The fourth-order valence-corrected chi connectivity index (χ4v) is 2.03. The molecule has 0 saturated carbocycles. The predicted molar refractivity (Wildman–Crippen MR) is 65.0 cm³/mol. The lowest BCUT2D eigenvalue weighted by Gasteiger charge is -2.25. The van der Waals surface area contributed by atoms with Gasteiger partial charge in [-0.15, -0.1) is 0 Å². The highest BCUT2D eigenvalue weighted by Crippen LogP contribution is 2.21. The van der Waals surface area contributed by atoms with Crippen LogP contribution in [-0.2, 0) is 23.8 Å². The third kappa shape index (κ3) is 4.64. The standard InChI is InChI=1S/C13H22O5/c1-3-16-12(14)11(13(15)17-4-2)9-10-7-5-6-8-18-10/h10-11H,3-9H2,1-2H3. The maximum Gasteiger partial charge on any atom is 0.320 e. The zero-order valence-corrected chi connectivity index (χ0v) is 11.1. The number of rotatable bonds is 6. The van der Waals surface area contributed by atoms with Crippen LogP contribution >= 0.6 is 0 Å². The van der Waals surface area contributed by atoms with Crippen LogP contribution in [0.4, 0.5) is 0 Å². The molecule has 1 rings (SSSR count). The Morgan fingerprint density at radius 2 is 1.78 bits per heavy atom. The molecular weight excluding hydrogens is 236 g/mol. The summed E-state index contributed by atoms with van der Waals surface area (Å²) in [4.78, 5) is 23.5. The van der Waals surface area contributed by atoms with Gasteiger partial charge < -0.3 is 14.2 Å². The van der Waals surface area contributed by atoms with Crippen LogP contribution in [0, 0.1) is 5.92 Å². The van der Waals surface area contributed by atoms with Gasteiger partial charge in [0.2, 0.25) is 0 Å². The van der Waals surface area contributed by atoms with E-state index >= 15 is 0 Å². The van der Waals surface area contributed by atoms with E-state index in [1.54, 1.807) is 13.8 Å². The highest BCUT2D eigenvalue weighted by molar-refractivity contribution is 5.94. The maximum absolute atomic E-state index is 11.8. The van der Waals surface area contributed by atoms with Crippen LogP contribution in [-0.4, -0.2) is 37.9 Å². The van der Waals surface area contributed by atoms with Gasteiger partial charge in [0.05, 0.1) is 19.3 Å². The highest BCUT2D eigenvalue weighted by atomic mass is 16.6. The molecule has 1 unspecified atom stereocenters. The van der Waals surface area contributed by atoms with Crippen molar-refractivity contribution in [2.24, 2.45) is 5.92 Å². The molecule has 1 heterocycles. The van der Waals surface area contributed by atoms with Gasteiger partial charge in [0.25, 0.3) is 0 Å². The SMILES string of the molecule is CCOC(=O)C(CC1CCCCO1)C(=O)OCC. The van der Waals surface area contributed by atoms with Crippen LogP contribution in [0.1, 0.15) is 39.5 Å². The van der Waals surface area contributed by atoms with Gasteiger partial charge in [-0.3, -0.25) is 9.59 Å². The second-order valence-corrected chi connectivity index (χ2v) is 4.28. The Morgan fingerprint density at radius 3 is 2.22 bits per heavy atom. The summed E-state index contributed by atoms with van der Waals surface area (Å²) in [5.41, 5.74) is 0. The van der Waals surface area contributed by atoms with Gasteiger partial charge in [-0.2, -0.15) is 0 Å². The van der Waals surface area contributed by atoms with Gasteiger partial charge in [-0.1, -0.05) is 0 Å². The topological polar surface area (TPSA) is 61.8 Å². The molecule has 1 aliphatic rings. The Bertz CT molecular complexity index is 253. The predicted octanol–water partition coefficient (Wildman–Crippen LogP) is 1.69. The molecule has 5 heteroatoms. The fraction of sp³-hybridized carbons (Fsp3) is 0.846. The summed E-state index contributed by atoms with van der Waals surface area (Å²) in [6.07, 6.45) is 3.31. The van der Waals surface area contributed by atoms with E-state index in [0.29, 0.717) is 13.0 Å². The highest BCUT2D eigenvalue weighted by Gasteiger charge is 2.33. The molecule has 0 spiro atoms. The van der Waals surface area contributed by atoms with Crippen molar-refractivity contribution >= 4 is 11.9 Å². The minimum absolute atomic E-state index is 0.0439. The summed E-state index contributed by atoms with van der Waals surface area (Å²) in [6, 6.07) is 0. The molecule has 1 saturated heterocycles. The van der Waals surface area contributed by atoms with Crippen LogP contribution < -0.4 is 0 Å². The molecule has 1 fully saturated rings. The summed E-state index contributed by atoms with van der Waals surface area (Å²) < 4.78 is 15.4. The van der Waals surface area contributed by atoms with E-state index in [1.807, 2.05) is 0 Å². The smallest absolute Gasteiger partial charge is 0.320 e. The van der Waals surface area contributed by atoms with Gasteiger partial charge >= 0.3 is 11.9 Å². The number of carbonyl (C=O) groups excluding carboxylic acids is 2. The normalized spacial score (nSPS) is 19.6. The second-order valence-electron chi connectivity index (χ2n) is 4.28. The van der Waals surface area contributed by atoms with E-state index in [1.165, 1.54) is 0 Å². The van der Waals surface area contributed by atoms with Crippen molar-refractivity contribution in [1.82, 2.24) is 0 Å². The van der Waals surface area contributed by atoms with E-state index in [2.05, 4.69) is 0 Å². The quantitative estimate of drug-likeness (QED) is 0.536. The molecule has 0 aromatic carbocycles. The summed E-state index contributed by atoms with van der Waals surface area (Å²) in [5, 5.41) is 0. The lowest BCUT2D eigenvalue weighted by atomic mass is 9.97. The molecule has 18 heavy (non-hydrogen) atoms. The van der Waals surface area contributed by atoms with E-state index in [4.69, 9.17) is 14.2 Å². The number of esters is 2. The number of ether oxygens (including phenoxy) is 3. The number of hydrogen-bond donors (Lipinski definition) is 0. The minimum Gasteiger partial charge on any atom is -0.465 e. The average molecular weight is 258 g/mol. The van der Waals surface area contributed by atoms with Crippen molar-refractivity contribution in [2.45, 2.75) is 45.6 Å². The minimum atomic E-state index is -0.854. The van der Waals surface area contributed by atoms with E-state index < -0.39 is 17.9 Å². The summed E-state index contributed by atoms with van der Waals surface area (Å²) in [7, 11) is 0. The molecule has 0 bridgehead atoms. The molecule has 104 valence electrons. The van der Waals surface area contributed by atoms with Crippen LogP contribution in [0.25, 0.3) is 0 Å². The van der Waals surface area contributed by atoms with Crippen molar-refractivity contribution in [2.75, 3.05) is 19.8 Å². The molecule has 1 atom stereocenters. The van der Waals surface area contributed by atoms with E-state index in [-0.39, 0.29) is 19.3 Å². The summed E-state index contributed by atoms with van der Waals surface area (Å²) in [5.74, 6) is -1.87. The van der Waals surface area contributed by atoms with Gasteiger partial charge in [0.1, 0.15) is 0 Å². The molecule has 0 aromatic heterocycles. The average Bonchev–Trinajstić information content (AvgIpc) is 2.37. The molecule has 0 N–H and O–H groups in total. The van der Waals surface area contributed by atoms with Crippen LogP contribution in [0.2, 0.25) is 0 Å². The Morgan fingerprint density at radius 1 is 1.17 bits per heavy atom. The Balaban J connectivity index is 2.57. The van der Waals surface area contributed by atoms with Gasteiger partial charge in [-0.25, -0.2) is 0 Å². The summed E-state index contributed by atoms with van der Waals surface area (Å²) >= 11 is 0. The number of hydrogen-bond acceptors (Lipinski definition) is 5. The molecule has 1 aliphatic heterocycles. The Labute approximate surface area is 108 Å². The van der Waals surface area contributed by atoms with Crippen molar-refractivity contribution in [1.29, 1.82) is 0 Å². The van der Waals surface area contributed by atoms with Crippen molar-refractivity contribution in [3.05, 3.63) is 0 Å². The lowest BCUT2D eigenvalue weighted by molar-refractivity contribution is -0.164. The molecule has 0 aliphatic carbocycles. The maximum atomic E-state index is 11.8. The Kier molecular flexibility index (Phi) is 6.72. The second kappa shape index (κ2) is 8.08. The Hall–Kier alpha value is -1.10. The van der Waals surface area contributed by atoms with E-state index in [0.717, 1.165) is 19.3 Å². The van der Waals surface area contributed by atoms with Crippen molar-refractivity contribution in [3.63, 3.8) is 0 Å². The zero-order chi connectivity index (χ0) is 13.4. The van der Waals surface area contributed by atoms with Gasteiger partial charge in [0, 0.05) is 6.61 Å². The first-order valence-electron chi connectivity index (χ1n) is 6.63. The lowest BCUT2D eigenvalue weighted by Crippen LogP contribution is -2.33. The van der Waals surface area contributed by atoms with Gasteiger partial charge in [-0.05, 0) is 39.5 Å². The first-order chi connectivity index (χ1) is 8.69.